The molecule has 3 nitrogen and oxygen atoms in total. The SMILES string of the molecule is Cc1sc2nc(Cc3ccccc3)nc(NCc3ccc(Cl)cc3)c2c1C. The van der Waals surface area contributed by atoms with Gasteiger partial charge >= 0.3 is 0 Å². The van der Waals surface area contributed by atoms with Crippen molar-refractivity contribution >= 4 is 39.0 Å². The van der Waals surface area contributed by atoms with E-state index in [1.165, 1.54) is 21.6 Å². The summed E-state index contributed by atoms with van der Waals surface area (Å²) in [4.78, 5) is 12.0. The number of benzene rings is 2. The summed E-state index contributed by atoms with van der Waals surface area (Å²) in [5, 5.41) is 5.39. The van der Waals surface area contributed by atoms with Crippen LogP contribution in [0, 0.1) is 13.8 Å². The molecule has 4 aromatic rings. The minimum Gasteiger partial charge on any atom is -0.365 e. The van der Waals surface area contributed by atoms with E-state index in [1.807, 2.05) is 42.5 Å². The first-order valence-corrected chi connectivity index (χ1v) is 10.1. The molecule has 0 spiro atoms. The molecule has 2 aromatic heterocycles. The number of aromatic nitrogens is 2. The van der Waals surface area contributed by atoms with E-state index in [9.17, 15) is 0 Å². The van der Waals surface area contributed by atoms with E-state index in [0.717, 1.165) is 33.3 Å². The van der Waals surface area contributed by atoms with E-state index in [-0.39, 0.29) is 0 Å². The van der Waals surface area contributed by atoms with Crippen LogP contribution in [0.15, 0.2) is 54.6 Å². The summed E-state index contributed by atoms with van der Waals surface area (Å²) >= 11 is 7.72. The van der Waals surface area contributed by atoms with Crippen LogP contribution in [0.1, 0.15) is 27.4 Å². The van der Waals surface area contributed by atoms with Crippen LogP contribution >= 0.6 is 22.9 Å². The standard InChI is InChI=1S/C22H20ClN3S/c1-14-15(2)27-22-20(14)21(24-13-17-8-10-18(23)11-9-17)25-19(26-22)12-16-6-4-3-5-7-16/h3-11H,12-13H2,1-2H3,(H,24,25,26). The first-order chi connectivity index (χ1) is 13.1. The summed E-state index contributed by atoms with van der Waals surface area (Å²) in [5.74, 6) is 1.75. The molecule has 0 bridgehead atoms. The van der Waals surface area contributed by atoms with Gasteiger partial charge in [-0.15, -0.1) is 11.3 Å². The van der Waals surface area contributed by atoms with Crippen molar-refractivity contribution in [2.24, 2.45) is 0 Å². The van der Waals surface area contributed by atoms with Gasteiger partial charge in [-0.25, -0.2) is 9.97 Å². The van der Waals surface area contributed by atoms with Gasteiger partial charge in [0, 0.05) is 22.9 Å². The van der Waals surface area contributed by atoms with E-state index in [4.69, 9.17) is 21.6 Å². The van der Waals surface area contributed by atoms with Crippen molar-refractivity contribution in [3.05, 3.63) is 87.0 Å². The third kappa shape index (κ3) is 3.97. The summed E-state index contributed by atoms with van der Waals surface area (Å²) in [5.41, 5.74) is 3.63. The van der Waals surface area contributed by atoms with Crippen molar-refractivity contribution in [2.75, 3.05) is 5.32 Å². The maximum atomic E-state index is 5.99. The molecule has 0 radical (unpaired) electrons. The largest absolute Gasteiger partial charge is 0.365 e. The number of hydrogen-bond donors (Lipinski definition) is 1. The molecule has 1 N–H and O–H groups in total. The number of aryl methyl sites for hydroxylation is 2. The van der Waals surface area contributed by atoms with Gasteiger partial charge < -0.3 is 5.32 Å². The molecule has 0 atom stereocenters. The lowest BCUT2D eigenvalue weighted by Crippen LogP contribution is -2.06. The summed E-state index contributed by atoms with van der Waals surface area (Å²) in [6.07, 6.45) is 0.725. The van der Waals surface area contributed by atoms with Crippen LogP contribution in [0.25, 0.3) is 10.2 Å². The zero-order chi connectivity index (χ0) is 18.8. The Hall–Kier alpha value is -2.43. The van der Waals surface area contributed by atoms with Gasteiger partial charge in [-0.1, -0.05) is 54.1 Å². The molecule has 2 heterocycles. The van der Waals surface area contributed by atoms with Crippen molar-refractivity contribution in [1.29, 1.82) is 0 Å². The molecule has 27 heavy (non-hydrogen) atoms. The molecule has 0 unspecified atom stereocenters. The van der Waals surface area contributed by atoms with E-state index in [2.05, 4.69) is 31.3 Å². The minimum atomic E-state index is 0.697. The molecule has 0 aliphatic heterocycles. The molecule has 0 saturated carbocycles. The molecular formula is C22H20ClN3S. The van der Waals surface area contributed by atoms with Gasteiger partial charge in [-0.2, -0.15) is 0 Å². The molecule has 0 aliphatic carbocycles. The van der Waals surface area contributed by atoms with E-state index in [1.54, 1.807) is 11.3 Å². The molecule has 4 rings (SSSR count). The van der Waals surface area contributed by atoms with Crippen LogP contribution in [0.2, 0.25) is 5.02 Å². The Labute approximate surface area is 168 Å². The maximum Gasteiger partial charge on any atom is 0.139 e. The third-order valence-electron chi connectivity index (χ3n) is 4.65. The van der Waals surface area contributed by atoms with Gasteiger partial charge in [-0.05, 0) is 42.7 Å². The Morgan fingerprint density at radius 2 is 1.67 bits per heavy atom. The molecular weight excluding hydrogens is 374 g/mol. The van der Waals surface area contributed by atoms with E-state index in [0.29, 0.717) is 6.54 Å². The number of nitrogens with zero attached hydrogens (tertiary/aromatic N) is 2. The van der Waals surface area contributed by atoms with Crippen molar-refractivity contribution in [3.8, 4) is 0 Å². The molecule has 0 fully saturated rings. The lowest BCUT2D eigenvalue weighted by Gasteiger charge is -2.10. The molecule has 5 heteroatoms. The average Bonchev–Trinajstić information content (AvgIpc) is 2.96. The normalized spacial score (nSPS) is 11.1. The number of rotatable bonds is 5. The zero-order valence-electron chi connectivity index (χ0n) is 15.3. The van der Waals surface area contributed by atoms with Gasteiger partial charge in [-0.3, -0.25) is 0 Å². The number of halogens is 1. The van der Waals surface area contributed by atoms with Crippen LogP contribution in [-0.4, -0.2) is 9.97 Å². The van der Waals surface area contributed by atoms with Crippen LogP contribution < -0.4 is 5.32 Å². The number of fused-ring (bicyclic) bond motifs is 1. The van der Waals surface area contributed by atoms with Gasteiger partial charge in [0.15, 0.2) is 0 Å². The highest BCUT2D eigenvalue weighted by Crippen LogP contribution is 2.33. The monoisotopic (exact) mass is 393 g/mol. The first-order valence-electron chi connectivity index (χ1n) is 8.89. The van der Waals surface area contributed by atoms with Crippen molar-refractivity contribution in [1.82, 2.24) is 9.97 Å². The molecule has 0 aliphatic rings. The first kappa shape index (κ1) is 18.0. The number of thiophene rings is 1. The highest BCUT2D eigenvalue weighted by atomic mass is 35.5. The van der Waals surface area contributed by atoms with Crippen molar-refractivity contribution < 1.29 is 0 Å². The second-order valence-electron chi connectivity index (χ2n) is 6.59. The Morgan fingerprint density at radius 1 is 0.926 bits per heavy atom. The van der Waals surface area contributed by atoms with Gasteiger partial charge in [0.2, 0.25) is 0 Å². The predicted molar refractivity (Wildman–Crippen MR) is 115 cm³/mol. The fourth-order valence-electron chi connectivity index (χ4n) is 3.07. The second kappa shape index (κ2) is 7.67. The molecule has 0 saturated heterocycles. The summed E-state index contributed by atoms with van der Waals surface area (Å²) in [6.45, 7) is 4.98. The highest BCUT2D eigenvalue weighted by Gasteiger charge is 2.15. The molecule has 0 amide bonds. The predicted octanol–water partition coefficient (Wildman–Crippen LogP) is 6.16. The second-order valence-corrected chi connectivity index (χ2v) is 8.23. The molecule has 136 valence electrons. The quantitative estimate of drug-likeness (QED) is 0.441. The lowest BCUT2D eigenvalue weighted by atomic mass is 10.1. The van der Waals surface area contributed by atoms with E-state index >= 15 is 0 Å². The topological polar surface area (TPSA) is 37.8 Å². The summed E-state index contributed by atoms with van der Waals surface area (Å²) in [6, 6.07) is 18.2. The van der Waals surface area contributed by atoms with Gasteiger partial charge in [0.1, 0.15) is 16.5 Å². The van der Waals surface area contributed by atoms with Gasteiger partial charge in [0.25, 0.3) is 0 Å². The average molecular weight is 394 g/mol. The van der Waals surface area contributed by atoms with Crippen LogP contribution in [0.4, 0.5) is 5.82 Å². The van der Waals surface area contributed by atoms with E-state index < -0.39 is 0 Å². The fraction of sp³-hybridized carbons (Fsp3) is 0.182. The van der Waals surface area contributed by atoms with Crippen LogP contribution in [0.3, 0.4) is 0 Å². The minimum absolute atomic E-state index is 0.697. The Morgan fingerprint density at radius 3 is 2.41 bits per heavy atom. The number of hydrogen-bond acceptors (Lipinski definition) is 4. The fourth-order valence-corrected chi connectivity index (χ4v) is 4.24. The van der Waals surface area contributed by atoms with Crippen LogP contribution in [-0.2, 0) is 13.0 Å². The number of anilines is 1. The maximum absolute atomic E-state index is 5.99. The Balaban J connectivity index is 1.69. The van der Waals surface area contributed by atoms with Gasteiger partial charge in [0.05, 0.1) is 5.39 Å². The zero-order valence-corrected chi connectivity index (χ0v) is 16.9. The summed E-state index contributed by atoms with van der Waals surface area (Å²) < 4.78 is 0. The third-order valence-corrected chi connectivity index (χ3v) is 6.01. The summed E-state index contributed by atoms with van der Waals surface area (Å²) in [7, 11) is 0. The lowest BCUT2D eigenvalue weighted by molar-refractivity contribution is 0.984. The van der Waals surface area contributed by atoms with Crippen molar-refractivity contribution in [3.63, 3.8) is 0 Å². The highest BCUT2D eigenvalue weighted by molar-refractivity contribution is 7.18. The number of nitrogens with one attached hydrogen (secondary N) is 1. The van der Waals surface area contributed by atoms with Crippen LogP contribution in [0.5, 0.6) is 0 Å². The Bertz CT molecular complexity index is 1070. The molecule has 2 aromatic carbocycles. The Kier molecular flexibility index (Phi) is 5.10. The smallest absolute Gasteiger partial charge is 0.139 e. The van der Waals surface area contributed by atoms with Crippen molar-refractivity contribution in [2.45, 2.75) is 26.8 Å².